The van der Waals surface area contributed by atoms with E-state index in [2.05, 4.69) is 10.2 Å². The van der Waals surface area contributed by atoms with Gasteiger partial charge in [-0.25, -0.2) is 0 Å². The van der Waals surface area contributed by atoms with E-state index in [1.54, 1.807) is 18.2 Å². The smallest absolute Gasteiger partial charge is 0.257 e. The molecule has 0 atom stereocenters. The van der Waals surface area contributed by atoms with Crippen LogP contribution in [0.15, 0.2) is 36.4 Å². The van der Waals surface area contributed by atoms with Gasteiger partial charge in [-0.3, -0.25) is 13.3 Å². The van der Waals surface area contributed by atoms with Crippen molar-refractivity contribution in [2.24, 2.45) is 0 Å². The quantitative estimate of drug-likeness (QED) is 0.487. The number of piperidine rings is 1. The molecular formula is C21H23Cl2N3O3S. The number of benzene rings is 2. The lowest BCUT2D eigenvalue weighted by Gasteiger charge is -2.31. The average molecular weight is 468 g/mol. The molecule has 0 unspecified atom stereocenters. The van der Waals surface area contributed by atoms with Crippen LogP contribution in [0.3, 0.4) is 0 Å². The summed E-state index contributed by atoms with van der Waals surface area (Å²) in [6.07, 6.45) is 2.11. The van der Waals surface area contributed by atoms with Gasteiger partial charge in [0.1, 0.15) is 12.2 Å². The SMILES string of the molecule is O=C(Nc1cc(Cl)cc(N2CCC(O)CC2)c1)c1cc(N2CCCOS2)ccc1Cl. The molecule has 2 aromatic carbocycles. The number of aliphatic hydroxyl groups excluding tert-OH is 1. The van der Waals surface area contributed by atoms with E-state index >= 15 is 0 Å². The Morgan fingerprint density at radius 3 is 2.63 bits per heavy atom. The van der Waals surface area contributed by atoms with Gasteiger partial charge < -0.3 is 15.3 Å². The first-order chi connectivity index (χ1) is 14.5. The first-order valence-electron chi connectivity index (χ1n) is 9.91. The Labute approximate surface area is 190 Å². The molecule has 0 radical (unpaired) electrons. The van der Waals surface area contributed by atoms with Crippen LogP contribution in [-0.4, -0.2) is 43.4 Å². The van der Waals surface area contributed by atoms with E-state index in [1.807, 2.05) is 22.5 Å². The molecule has 4 rings (SSSR count). The van der Waals surface area contributed by atoms with Crippen molar-refractivity contribution in [2.45, 2.75) is 25.4 Å². The zero-order chi connectivity index (χ0) is 21.1. The second kappa shape index (κ2) is 9.66. The van der Waals surface area contributed by atoms with Crippen molar-refractivity contribution in [1.29, 1.82) is 0 Å². The predicted octanol–water partition coefficient (Wildman–Crippen LogP) is 5.00. The first-order valence-corrected chi connectivity index (χ1v) is 11.4. The van der Waals surface area contributed by atoms with Gasteiger partial charge in [-0.2, -0.15) is 0 Å². The predicted molar refractivity (Wildman–Crippen MR) is 124 cm³/mol. The van der Waals surface area contributed by atoms with Crippen LogP contribution in [0.1, 0.15) is 29.6 Å². The standard InChI is InChI=1S/C21H23Cl2N3O3S/c22-14-10-15(12-17(11-14)25-7-4-18(27)5-8-25)24-21(28)19-13-16(2-3-20(19)23)26-6-1-9-29-30-26/h2-3,10-13,18,27H,1,4-9H2,(H,24,28). The third kappa shape index (κ3) is 5.15. The van der Waals surface area contributed by atoms with Crippen LogP contribution in [0.4, 0.5) is 17.1 Å². The van der Waals surface area contributed by atoms with Crippen LogP contribution in [0.5, 0.6) is 0 Å². The third-order valence-electron chi connectivity index (χ3n) is 5.18. The van der Waals surface area contributed by atoms with Gasteiger partial charge in [-0.15, -0.1) is 0 Å². The fourth-order valence-corrected chi connectivity index (χ4v) is 4.73. The highest BCUT2D eigenvalue weighted by Crippen LogP contribution is 2.32. The monoisotopic (exact) mass is 467 g/mol. The van der Waals surface area contributed by atoms with E-state index in [0.717, 1.165) is 56.9 Å². The van der Waals surface area contributed by atoms with Crippen molar-refractivity contribution in [3.05, 3.63) is 52.0 Å². The third-order valence-corrected chi connectivity index (χ3v) is 6.58. The second-order valence-electron chi connectivity index (χ2n) is 7.39. The lowest BCUT2D eigenvalue weighted by atomic mass is 10.1. The van der Waals surface area contributed by atoms with Crippen molar-refractivity contribution in [1.82, 2.24) is 0 Å². The highest BCUT2D eigenvalue weighted by atomic mass is 35.5. The molecule has 6 nitrogen and oxygen atoms in total. The van der Waals surface area contributed by atoms with Gasteiger partial charge >= 0.3 is 0 Å². The number of anilines is 3. The number of carbonyl (C=O) groups excluding carboxylic acids is 1. The largest absolute Gasteiger partial charge is 0.393 e. The van der Waals surface area contributed by atoms with E-state index in [1.165, 1.54) is 12.2 Å². The molecule has 2 aliphatic heterocycles. The molecule has 0 bridgehead atoms. The van der Waals surface area contributed by atoms with Crippen molar-refractivity contribution in [3.8, 4) is 0 Å². The molecule has 2 aromatic rings. The van der Waals surface area contributed by atoms with Crippen molar-refractivity contribution >= 4 is 58.4 Å². The number of amides is 1. The Morgan fingerprint density at radius 2 is 1.90 bits per heavy atom. The molecule has 160 valence electrons. The Morgan fingerprint density at radius 1 is 1.10 bits per heavy atom. The summed E-state index contributed by atoms with van der Waals surface area (Å²) < 4.78 is 7.43. The summed E-state index contributed by atoms with van der Waals surface area (Å²) in [5.41, 5.74) is 2.79. The molecule has 2 heterocycles. The van der Waals surface area contributed by atoms with Crippen LogP contribution in [0.2, 0.25) is 10.0 Å². The zero-order valence-corrected chi connectivity index (χ0v) is 18.6. The van der Waals surface area contributed by atoms with Gasteiger partial charge in [-0.05, 0) is 55.7 Å². The van der Waals surface area contributed by atoms with E-state index in [0.29, 0.717) is 21.3 Å². The summed E-state index contributed by atoms with van der Waals surface area (Å²) in [5, 5.41) is 13.6. The Kier molecular flexibility index (Phi) is 6.95. The number of nitrogens with one attached hydrogen (secondary N) is 1. The van der Waals surface area contributed by atoms with Gasteiger partial charge in [0.15, 0.2) is 0 Å². The summed E-state index contributed by atoms with van der Waals surface area (Å²) >= 11 is 13.9. The molecule has 9 heteroatoms. The molecule has 2 N–H and O–H groups in total. The number of aliphatic hydroxyl groups is 1. The summed E-state index contributed by atoms with van der Waals surface area (Å²) in [5.74, 6) is -0.299. The summed E-state index contributed by atoms with van der Waals surface area (Å²) in [6.45, 7) is 3.06. The van der Waals surface area contributed by atoms with Gasteiger partial charge in [0, 0.05) is 41.7 Å². The fraction of sp³-hybridized carbons (Fsp3) is 0.381. The lowest BCUT2D eigenvalue weighted by molar-refractivity contribution is 0.102. The van der Waals surface area contributed by atoms with E-state index < -0.39 is 0 Å². The Balaban J connectivity index is 1.52. The van der Waals surface area contributed by atoms with Crippen molar-refractivity contribution in [3.63, 3.8) is 0 Å². The molecule has 1 amide bonds. The maximum absolute atomic E-state index is 13.0. The Bertz CT molecular complexity index is 916. The van der Waals surface area contributed by atoms with E-state index in [-0.39, 0.29) is 12.0 Å². The number of carbonyl (C=O) groups is 1. The van der Waals surface area contributed by atoms with Gasteiger partial charge in [0.05, 0.1) is 23.3 Å². The van der Waals surface area contributed by atoms with E-state index in [4.69, 9.17) is 27.4 Å². The number of rotatable bonds is 4. The molecular weight excluding hydrogens is 445 g/mol. The maximum Gasteiger partial charge on any atom is 0.257 e. The zero-order valence-electron chi connectivity index (χ0n) is 16.3. The number of hydrogen-bond acceptors (Lipinski definition) is 6. The summed E-state index contributed by atoms with van der Waals surface area (Å²) in [6, 6.07) is 10.9. The number of hydrogen-bond donors (Lipinski definition) is 2. The van der Waals surface area contributed by atoms with Crippen LogP contribution in [0.25, 0.3) is 0 Å². The molecule has 0 saturated carbocycles. The minimum Gasteiger partial charge on any atom is -0.393 e. The van der Waals surface area contributed by atoms with Crippen LogP contribution >= 0.6 is 35.4 Å². The van der Waals surface area contributed by atoms with Crippen molar-refractivity contribution < 1.29 is 14.1 Å². The normalized spacial score (nSPS) is 17.8. The molecule has 0 aliphatic carbocycles. The first kappa shape index (κ1) is 21.6. The molecule has 0 spiro atoms. The molecule has 30 heavy (non-hydrogen) atoms. The second-order valence-corrected chi connectivity index (χ2v) is 9.06. The summed E-state index contributed by atoms with van der Waals surface area (Å²) in [7, 11) is 0. The lowest BCUT2D eigenvalue weighted by Crippen LogP contribution is -2.35. The minimum atomic E-state index is -0.299. The van der Waals surface area contributed by atoms with Crippen LogP contribution in [0, 0.1) is 0 Å². The molecule has 2 saturated heterocycles. The highest BCUT2D eigenvalue weighted by Gasteiger charge is 2.20. The van der Waals surface area contributed by atoms with Gasteiger partial charge in [0.2, 0.25) is 0 Å². The minimum absolute atomic E-state index is 0.252. The maximum atomic E-state index is 13.0. The fourth-order valence-electron chi connectivity index (χ4n) is 3.57. The molecule has 0 aromatic heterocycles. The van der Waals surface area contributed by atoms with Gasteiger partial charge in [-0.1, -0.05) is 23.2 Å². The highest BCUT2D eigenvalue weighted by molar-refractivity contribution is 7.96. The van der Waals surface area contributed by atoms with Crippen LogP contribution in [-0.2, 0) is 4.18 Å². The average Bonchev–Trinajstić information content (AvgIpc) is 2.74. The topological polar surface area (TPSA) is 65.0 Å². The Hall–Kier alpha value is -1.64. The van der Waals surface area contributed by atoms with Gasteiger partial charge in [0.25, 0.3) is 5.91 Å². The van der Waals surface area contributed by atoms with E-state index in [9.17, 15) is 9.90 Å². The number of nitrogens with zero attached hydrogens (tertiary/aromatic N) is 2. The van der Waals surface area contributed by atoms with Crippen molar-refractivity contribution in [2.75, 3.05) is 40.8 Å². The van der Waals surface area contributed by atoms with Crippen LogP contribution < -0.4 is 14.5 Å². The molecule has 2 aliphatic rings. The summed E-state index contributed by atoms with van der Waals surface area (Å²) in [4.78, 5) is 15.1. The molecule has 2 fully saturated rings. The number of halogens is 2.